The molecule has 88 valence electrons. The van der Waals surface area contributed by atoms with Gasteiger partial charge in [-0.15, -0.1) is 0 Å². The molecule has 16 heavy (non-hydrogen) atoms. The molecular weight excluding hydrogens is 207 g/mol. The summed E-state index contributed by atoms with van der Waals surface area (Å²) in [5, 5.41) is 3.27. The van der Waals surface area contributed by atoms with Crippen LogP contribution in [0.3, 0.4) is 0 Å². The molecule has 0 amide bonds. The smallest absolute Gasteiger partial charge is 0.137 e. The molecule has 1 saturated heterocycles. The van der Waals surface area contributed by atoms with Crippen molar-refractivity contribution in [3.63, 3.8) is 0 Å². The molecule has 0 unspecified atom stereocenters. The molecule has 2 rings (SSSR count). The van der Waals surface area contributed by atoms with Gasteiger partial charge in [-0.2, -0.15) is 0 Å². The molecule has 1 aliphatic heterocycles. The lowest BCUT2D eigenvalue weighted by Gasteiger charge is -2.27. The van der Waals surface area contributed by atoms with Crippen molar-refractivity contribution in [1.82, 2.24) is 10.3 Å². The normalized spacial score (nSPS) is 19.2. The van der Waals surface area contributed by atoms with E-state index in [-0.39, 0.29) is 6.67 Å². The van der Waals surface area contributed by atoms with Gasteiger partial charge in [0.05, 0.1) is 12.9 Å². The standard InChI is InChI=1S/C12H17FN2O/c13-4-1-2-10-6-12(8-14-7-10)16-9-11-3-5-15-11/h6-8,11,15H,1-5,9H2/t11-/m0/s1. The zero-order valence-corrected chi connectivity index (χ0v) is 9.29. The summed E-state index contributed by atoms with van der Waals surface area (Å²) in [7, 11) is 0. The van der Waals surface area contributed by atoms with Crippen molar-refractivity contribution in [2.24, 2.45) is 0 Å². The molecule has 3 nitrogen and oxygen atoms in total. The summed E-state index contributed by atoms with van der Waals surface area (Å²) in [6, 6.07) is 2.43. The lowest BCUT2D eigenvalue weighted by atomic mass is 10.1. The van der Waals surface area contributed by atoms with E-state index in [9.17, 15) is 4.39 Å². The van der Waals surface area contributed by atoms with E-state index in [1.807, 2.05) is 6.07 Å². The van der Waals surface area contributed by atoms with Crippen molar-refractivity contribution in [1.29, 1.82) is 0 Å². The van der Waals surface area contributed by atoms with Crippen LogP contribution in [0, 0.1) is 0 Å². The van der Waals surface area contributed by atoms with Crippen molar-refractivity contribution < 1.29 is 9.13 Å². The predicted molar refractivity (Wildman–Crippen MR) is 60.4 cm³/mol. The zero-order valence-electron chi connectivity index (χ0n) is 9.29. The molecule has 0 aliphatic carbocycles. The third-order valence-electron chi connectivity index (χ3n) is 2.75. The molecule has 0 saturated carbocycles. The number of hydrogen-bond donors (Lipinski definition) is 1. The Balaban J connectivity index is 1.82. The fourth-order valence-electron chi connectivity index (χ4n) is 1.64. The van der Waals surface area contributed by atoms with E-state index >= 15 is 0 Å². The Morgan fingerprint density at radius 3 is 3.06 bits per heavy atom. The minimum atomic E-state index is -0.281. The third kappa shape index (κ3) is 3.17. The Hall–Kier alpha value is -1.16. The average Bonchev–Trinajstić information content (AvgIpc) is 2.25. The highest BCUT2D eigenvalue weighted by Gasteiger charge is 2.16. The molecule has 1 atom stereocenters. The number of alkyl halides is 1. The summed E-state index contributed by atoms with van der Waals surface area (Å²) in [5.74, 6) is 0.782. The molecular formula is C12H17FN2O. The van der Waals surface area contributed by atoms with Gasteiger partial charge < -0.3 is 10.1 Å². The van der Waals surface area contributed by atoms with E-state index in [2.05, 4.69) is 10.3 Å². The Kier molecular flexibility index (Phi) is 4.10. The van der Waals surface area contributed by atoms with E-state index in [4.69, 9.17) is 4.74 Å². The molecule has 0 aromatic carbocycles. The van der Waals surface area contributed by atoms with Crippen LogP contribution in [0.1, 0.15) is 18.4 Å². The van der Waals surface area contributed by atoms with Crippen molar-refractivity contribution >= 4 is 0 Å². The fourth-order valence-corrected chi connectivity index (χ4v) is 1.64. The van der Waals surface area contributed by atoms with Gasteiger partial charge in [-0.3, -0.25) is 9.37 Å². The lowest BCUT2D eigenvalue weighted by molar-refractivity contribution is 0.216. The summed E-state index contributed by atoms with van der Waals surface area (Å²) in [5.41, 5.74) is 1.04. The number of pyridine rings is 1. The molecule has 1 aromatic rings. The van der Waals surface area contributed by atoms with Gasteiger partial charge in [-0.05, 0) is 37.4 Å². The highest BCUT2D eigenvalue weighted by molar-refractivity contribution is 5.23. The molecule has 1 fully saturated rings. The zero-order chi connectivity index (χ0) is 11.2. The van der Waals surface area contributed by atoms with Gasteiger partial charge in [0.15, 0.2) is 0 Å². The maximum atomic E-state index is 12.0. The first-order chi connectivity index (χ1) is 7.88. The maximum absolute atomic E-state index is 12.0. The van der Waals surface area contributed by atoms with E-state index in [0.717, 1.165) is 24.3 Å². The molecule has 0 bridgehead atoms. The number of aromatic nitrogens is 1. The minimum Gasteiger partial charge on any atom is -0.490 e. The minimum absolute atomic E-state index is 0.281. The number of aryl methyl sites for hydroxylation is 1. The summed E-state index contributed by atoms with van der Waals surface area (Å²) in [6.07, 6.45) is 5.92. The average molecular weight is 224 g/mol. The number of hydrogen-bond acceptors (Lipinski definition) is 3. The van der Waals surface area contributed by atoms with Gasteiger partial charge in [0.1, 0.15) is 12.4 Å². The van der Waals surface area contributed by atoms with Crippen molar-refractivity contribution in [2.75, 3.05) is 19.8 Å². The largest absolute Gasteiger partial charge is 0.490 e. The number of rotatable bonds is 6. The fraction of sp³-hybridized carbons (Fsp3) is 0.583. The Morgan fingerprint density at radius 2 is 2.38 bits per heavy atom. The van der Waals surface area contributed by atoms with Gasteiger partial charge in [-0.1, -0.05) is 0 Å². The van der Waals surface area contributed by atoms with Crippen LogP contribution in [-0.2, 0) is 6.42 Å². The van der Waals surface area contributed by atoms with Crippen LogP contribution in [0.5, 0.6) is 5.75 Å². The van der Waals surface area contributed by atoms with E-state index in [1.165, 1.54) is 6.42 Å². The second-order valence-electron chi connectivity index (χ2n) is 4.07. The maximum Gasteiger partial charge on any atom is 0.137 e. The Bertz CT molecular complexity index is 329. The number of nitrogens with zero attached hydrogens (tertiary/aromatic N) is 1. The van der Waals surface area contributed by atoms with Gasteiger partial charge in [0.25, 0.3) is 0 Å². The van der Waals surface area contributed by atoms with Gasteiger partial charge >= 0.3 is 0 Å². The van der Waals surface area contributed by atoms with Crippen molar-refractivity contribution in [3.8, 4) is 5.75 Å². The second kappa shape index (κ2) is 5.80. The molecule has 2 heterocycles. The number of nitrogens with one attached hydrogen (secondary N) is 1. The van der Waals surface area contributed by atoms with Gasteiger partial charge in [-0.25, -0.2) is 0 Å². The van der Waals surface area contributed by atoms with Crippen molar-refractivity contribution in [2.45, 2.75) is 25.3 Å². The Morgan fingerprint density at radius 1 is 1.50 bits per heavy atom. The molecule has 1 N–H and O–H groups in total. The second-order valence-corrected chi connectivity index (χ2v) is 4.07. The first kappa shape index (κ1) is 11.3. The first-order valence-corrected chi connectivity index (χ1v) is 5.74. The summed E-state index contributed by atoms with van der Waals surface area (Å²) >= 11 is 0. The molecule has 1 aromatic heterocycles. The van der Waals surface area contributed by atoms with Gasteiger partial charge in [0.2, 0.25) is 0 Å². The SMILES string of the molecule is FCCCc1cncc(OC[C@@H]2CCN2)c1. The van der Waals surface area contributed by atoms with Crippen LogP contribution in [0.2, 0.25) is 0 Å². The van der Waals surface area contributed by atoms with Crippen LogP contribution in [0.15, 0.2) is 18.5 Å². The van der Waals surface area contributed by atoms with Crippen LogP contribution in [-0.4, -0.2) is 30.9 Å². The molecule has 0 radical (unpaired) electrons. The van der Waals surface area contributed by atoms with Gasteiger partial charge in [0, 0.05) is 12.2 Å². The third-order valence-corrected chi connectivity index (χ3v) is 2.75. The molecule has 4 heteroatoms. The van der Waals surface area contributed by atoms with Crippen LogP contribution in [0.4, 0.5) is 4.39 Å². The molecule has 0 spiro atoms. The summed E-state index contributed by atoms with van der Waals surface area (Å²) in [4.78, 5) is 4.09. The lowest BCUT2D eigenvalue weighted by Crippen LogP contribution is -2.46. The highest BCUT2D eigenvalue weighted by atomic mass is 19.1. The van der Waals surface area contributed by atoms with E-state index in [1.54, 1.807) is 12.4 Å². The Labute approximate surface area is 95.0 Å². The van der Waals surface area contributed by atoms with Crippen LogP contribution >= 0.6 is 0 Å². The van der Waals surface area contributed by atoms with Crippen LogP contribution < -0.4 is 10.1 Å². The van der Waals surface area contributed by atoms with Crippen molar-refractivity contribution in [3.05, 3.63) is 24.0 Å². The number of halogens is 1. The monoisotopic (exact) mass is 224 g/mol. The molecule has 1 aliphatic rings. The van der Waals surface area contributed by atoms with E-state index in [0.29, 0.717) is 19.1 Å². The summed E-state index contributed by atoms with van der Waals surface area (Å²) in [6.45, 7) is 1.49. The first-order valence-electron chi connectivity index (χ1n) is 5.74. The van der Waals surface area contributed by atoms with Crippen LogP contribution in [0.25, 0.3) is 0 Å². The summed E-state index contributed by atoms with van der Waals surface area (Å²) < 4.78 is 17.6. The highest BCUT2D eigenvalue weighted by Crippen LogP contribution is 2.14. The van der Waals surface area contributed by atoms with E-state index < -0.39 is 0 Å². The quantitative estimate of drug-likeness (QED) is 0.799. The predicted octanol–water partition coefficient (Wildman–Crippen LogP) is 1.72. The topological polar surface area (TPSA) is 34.1 Å². The number of ether oxygens (including phenoxy) is 1.